The maximum absolute atomic E-state index is 10.3. The maximum Gasteiger partial charge on any atom is 0.129 e. The van der Waals surface area contributed by atoms with Gasteiger partial charge in [-0.25, -0.2) is 0 Å². The van der Waals surface area contributed by atoms with Crippen molar-refractivity contribution in [3.05, 3.63) is 51.7 Å². The summed E-state index contributed by atoms with van der Waals surface area (Å²) >= 11 is 1.52. The van der Waals surface area contributed by atoms with E-state index in [2.05, 4.69) is 19.1 Å². The van der Waals surface area contributed by atoms with Crippen LogP contribution in [0.3, 0.4) is 0 Å². The molecule has 0 aliphatic heterocycles. The minimum absolute atomic E-state index is 0.560. The molecule has 0 aliphatic rings. The highest BCUT2D eigenvalue weighted by molar-refractivity contribution is 7.10. The van der Waals surface area contributed by atoms with E-state index in [1.807, 2.05) is 23.6 Å². The minimum atomic E-state index is -0.560. The number of methoxy groups -OCH3 is 1. The monoisotopic (exact) mass is 262 g/mol. The molecule has 1 heterocycles. The second-order valence-electron chi connectivity index (χ2n) is 4.29. The molecule has 0 radical (unpaired) electrons. The Morgan fingerprint density at radius 2 is 2.17 bits per heavy atom. The molecular weight excluding hydrogens is 244 g/mol. The Balaban J connectivity index is 2.21. The van der Waals surface area contributed by atoms with Gasteiger partial charge >= 0.3 is 0 Å². The lowest BCUT2D eigenvalue weighted by molar-refractivity contribution is 0.223. The van der Waals surface area contributed by atoms with E-state index in [9.17, 15) is 5.11 Å². The molecule has 0 bridgehead atoms. The van der Waals surface area contributed by atoms with Crippen molar-refractivity contribution in [1.29, 1.82) is 0 Å². The molecule has 0 fully saturated rings. The summed E-state index contributed by atoms with van der Waals surface area (Å²) in [5.74, 6) is 0.804. The molecule has 3 heteroatoms. The second-order valence-corrected chi connectivity index (χ2v) is 5.23. The van der Waals surface area contributed by atoms with E-state index in [1.165, 1.54) is 16.9 Å². The summed E-state index contributed by atoms with van der Waals surface area (Å²) in [6, 6.07) is 10.1. The van der Waals surface area contributed by atoms with Crippen molar-refractivity contribution in [2.24, 2.45) is 0 Å². The fourth-order valence-electron chi connectivity index (χ4n) is 1.96. The molecule has 0 aliphatic carbocycles. The average molecular weight is 262 g/mol. The fraction of sp³-hybridized carbons (Fsp3) is 0.333. The summed E-state index contributed by atoms with van der Waals surface area (Å²) in [5, 5.41) is 12.3. The highest BCUT2D eigenvalue weighted by Crippen LogP contribution is 2.31. The lowest BCUT2D eigenvalue weighted by Crippen LogP contribution is -1.98. The van der Waals surface area contributed by atoms with Crippen molar-refractivity contribution in [2.75, 3.05) is 7.11 Å². The highest BCUT2D eigenvalue weighted by atomic mass is 32.1. The van der Waals surface area contributed by atoms with Gasteiger partial charge in [0.2, 0.25) is 0 Å². The molecule has 0 saturated carbocycles. The summed E-state index contributed by atoms with van der Waals surface area (Å²) in [7, 11) is 1.64. The number of benzene rings is 1. The maximum atomic E-state index is 10.3. The third-order valence-corrected chi connectivity index (χ3v) is 3.87. The molecule has 18 heavy (non-hydrogen) atoms. The fourth-order valence-corrected chi connectivity index (χ4v) is 2.82. The number of aliphatic hydroxyl groups is 1. The van der Waals surface area contributed by atoms with E-state index in [4.69, 9.17) is 4.74 Å². The van der Waals surface area contributed by atoms with Crippen LogP contribution in [0.1, 0.15) is 35.5 Å². The van der Waals surface area contributed by atoms with Gasteiger partial charge < -0.3 is 9.84 Å². The van der Waals surface area contributed by atoms with Crippen LogP contribution in [0, 0.1) is 0 Å². The molecule has 1 aromatic heterocycles. The summed E-state index contributed by atoms with van der Waals surface area (Å²) in [5.41, 5.74) is 2.23. The zero-order chi connectivity index (χ0) is 13.0. The standard InChI is InChI=1S/C15H18O2S/c1-3-5-11-6-4-7-12(8-11)15(16)14-9-13(17-2)10-18-14/h4,6-10,15-16H,3,5H2,1-2H3. The quantitative estimate of drug-likeness (QED) is 0.888. The zero-order valence-corrected chi connectivity index (χ0v) is 11.5. The minimum Gasteiger partial charge on any atom is -0.496 e. The van der Waals surface area contributed by atoms with Gasteiger partial charge in [-0.15, -0.1) is 11.3 Å². The lowest BCUT2D eigenvalue weighted by Gasteiger charge is -2.10. The first kappa shape index (κ1) is 13.1. The molecule has 1 N–H and O–H groups in total. The molecule has 2 nitrogen and oxygen atoms in total. The molecule has 1 unspecified atom stereocenters. The van der Waals surface area contributed by atoms with Crippen LogP contribution in [-0.2, 0) is 6.42 Å². The molecule has 2 rings (SSSR count). The van der Waals surface area contributed by atoms with Gasteiger partial charge in [0, 0.05) is 10.3 Å². The van der Waals surface area contributed by atoms with Crippen LogP contribution in [0.4, 0.5) is 0 Å². The van der Waals surface area contributed by atoms with Gasteiger partial charge in [0.15, 0.2) is 0 Å². The van der Waals surface area contributed by atoms with Gasteiger partial charge in [-0.05, 0) is 23.6 Å². The summed E-state index contributed by atoms with van der Waals surface area (Å²) in [6.07, 6.45) is 1.61. The summed E-state index contributed by atoms with van der Waals surface area (Å²) in [6.45, 7) is 2.16. The first-order valence-electron chi connectivity index (χ1n) is 6.14. The summed E-state index contributed by atoms with van der Waals surface area (Å²) in [4.78, 5) is 0.917. The largest absolute Gasteiger partial charge is 0.496 e. The van der Waals surface area contributed by atoms with Crippen molar-refractivity contribution in [3.8, 4) is 5.75 Å². The SMILES string of the molecule is CCCc1cccc(C(O)c2cc(OC)cs2)c1. The van der Waals surface area contributed by atoms with Crippen molar-refractivity contribution in [3.63, 3.8) is 0 Å². The Morgan fingerprint density at radius 3 is 2.83 bits per heavy atom. The number of hydrogen-bond donors (Lipinski definition) is 1. The number of aryl methyl sites for hydroxylation is 1. The first-order chi connectivity index (χ1) is 8.74. The topological polar surface area (TPSA) is 29.5 Å². The third-order valence-electron chi connectivity index (χ3n) is 2.91. The molecule has 0 saturated heterocycles. The zero-order valence-electron chi connectivity index (χ0n) is 10.7. The normalized spacial score (nSPS) is 12.4. The smallest absolute Gasteiger partial charge is 0.129 e. The van der Waals surface area contributed by atoms with Crippen LogP contribution in [-0.4, -0.2) is 12.2 Å². The first-order valence-corrected chi connectivity index (χ1v) is 7.02. The molecular formula is C15H18O2S. The van der Waals surface area contributed by atoms with Gasteiger partial charge in [-0.3, -0.25) is 0 Å². The van der Waals surface area contributed by atoms with Crippen molar-refractivity contribution < 1.29 is 9.84 Å². The molecule has 1 atom stereocenters. The Morgan fingerprint density at radius 1 is 1.33 bits per heavy atom. The molecule has 1 aromatic carbocycles. The van der Waals surface area contributed by atoms with Crippen LogP contribution < -0.4 is 4.74 Å². The van der Waals surface area contributed by atoms with Gasteiger partial charge in [-0.2, -0.15) is 0 Å². The van der Waals surface area contributed by atoms with Crippen molar-refractivity contribution >= 4 is 11.3 Å². The van der Waals surface area contributed by atoms with Gasteiger partial charge in [0.05, 0.1) is 7.11 Å². The second kappa shape index (κ2) is 6.03. The lowest BCUT2D eigenvalue weighted by atomic mass is 10.0. The van der Waals surface area contributed by atoms with E-state index >= 15 is 0 Å². The molecule has 96 valence electrons. The van der Waals surface area contributed by atoms with Crippen molar-refractivity contribution in [1.82, 2.24) is 0 Å². The van der Waals surface area contributed by atoms with Crippen LogP contribution >= 0.6 is 11.3 Å². The van der Waals surface area contributed by atoms with Crippen molar-refractivity contribution in [2.45, 2.75) is 25.9 Å². The molecule has 0 spiro atoms. The predicted octanol–water partition coefficient (Wildman–Crippen LogP) is 3.79. The Hall–Kier alpha value is -1.32. The van der Waals surface area contributed by atoms with Crippen LogP contribution in [0.5, 0.6) is 5.75 Å². The summed E-state index contributed by atoms with van der Waals surface area (Å²) < 4.78 is 5.14. The number of ether oxygens (including phenoxy) is 1. The Kier molecular flexibility index (Phi) is 4.39. The van der Waals surface area contributed by atoms with Crippen LogP contribution in [0.2, 0.25) is 0 Å². The number of aliphatic hydroxyl groups excluding tert-OH is 1. The Labute approximate surface area is 112 Å². The third kappa shape index (κ3) is 2.92. The van der Waals surface area contributed by atoms with E-state index in [1.54, 1.807) is 7.11 Å². The number of rotatable bonds is 5. The van der Waals surface area contributed by atoms with Gasteiger partial charge in [-0.1, -0.05) is 37.6 Å². The highest BCUT2D eigenvalue weighted by Gasteiger charge is 2.13. The van der Waals surface area contributed by atoms with Crippen LogP contribution in [0.15, 0.2) is 35.7 Å². The van der Waals surface area contributed by atoms with Crippen LogP contribution in [0.25, 0.3) is 0 Å². The predicted molar refractivity (Wildman–Crippen MR) is 75.4 cm³/mol. The average Bonchev–Trinajstić information content (AvgIpc) is 2.87. The van der Waals surface area contributed by atoms with E-state index in [-0.39, 0.29) is 0 Å². The number of thiophene rings is 1. The Bertz CT molecular complexity index is 505. The molecule has 0 amide bonds. The van der Waals surface area contributed by atoms with E-state index in [0.29, 0.717) is 0 Å². The van der Waals surface area contributed by atoms with Gasteiger partial charge in [0.1, 0.15) is 11.9 Å². The molecule has 2 aromatic rings. The number of hydrogen-bond acceptors (Lipinski definition) is 3. The van der Waals surface area contributed by atoms with E-state index in [0.717, 1.165) is 29.0 Å². The van der Waals surface area contributed by atoms with Gasteiger partial charge in [0.25, 0.3) is 0 Å². The van der Waals surface area contributed by atoms with E-state index < -0.39 is 6.10 Å².